The SMILES string of the molecule is NC(CSCCOc1ccc2ccccc2c1)C(=O)O. The van der Waals surface area contributed by atoms with E-state index in [-0.39, 0.29) is 0 Å². The predicted molar refractivity (Wildman–Crippen MR) is 82.4 cm³/mol. The van der Waals surface area contributed by atoms with Gasteiger partial charge in [-0.25, -0.2) is 0 Å². The summed E-state index contributed by atoms with van der Waals surface area (Å²) in [5.74, 6) is 0.976. The van der Waals surface area contributed by atoms with Crippen LogP contribution >= 0.6 is 11.8 Å². The van der Waals surface area contributed by atoms with E-state index in [2.05, 4.69) is 6.07 Å². The van der Waals surface area contributed by atoms with E-state index in [1.54, 1.807) is 0 Å². The zero-order chi connectivity index (χ0) is 14.4. The van der Waals surface area contributed by atoms with Crippen LogP contribution in [0, 0.1) is 0 Å². The Balaban J connectivity index is 1.77. The monoisotopic (exact) mass is 291 g/mol. The standard InChI is InChI=1S/C15H17NO3S/c16-14(15(17)18)10-20-8-7-19-13-6-5-11-3-1-2-4-12(11)9-13/h1-6,9,14H,7-8,10,16H2,(H,17,18). The molecule has 3 N–H and O–H groups in total. The maximum atomic E-state index is 10.5. The Kier molecular flexibility index (Phi) is 5.26. The molecule has 4 nitrogen and oxygen atoms in total. The van der Waals surface area contributed by atoms with E-state index in [1.807, 2.05) is 36.4 Å². The van der Waals surface area contributed by atoms with Crippen molar-refractivity contribution in [1.29, 1.82) is 0 Å². The molecule has 0 bridgehead atoms. The fourth-order valence-electron chi connectivity index (χ4n) is 1.76. The quantitative estimate of drug-likeness (QED) is 0.766. The van der Waals surface area contributed by atoms with Crippen molar-refractivity contribution in [3.8, 4) is 5.75 Å². The first-order chi connectivity index (χ1) is 9.66. The van der Waals surface area contributed by atoms with E-state index < -0.39 is 12.0 Å². The summed E-state index contributed by atoms with van der Waals surface area (Å²) in [5.41, 5.74) is 5.41. The zero-order valence-corrected chi connectivity index (χ0v) is 11.8. The van der Waals surface area contributed by atoms with Gasteiger partial charge in [-0.3, -0.25) is 4.79 Å². The Bertz CT molecular complexity index is 588. The van der Waals surface area contributed by atoms with Gasteiger partial charge in [0.05, 0.1) is 6.61 Å². The second kappa shape index (κ2) is 7.17. The zero-order valence-electron chi connectivity index (χ0n) is 11.0. The number of fused-ring (bicyclic) bond motifs is 1. The Morgan fingerprint density at radius 1 is 1.25 bits per heavy atom. The van der Waals surface area contributed by atoms with Gasteiger partial charge in [-0.1, -0.05) is 30.3 Å². The molecule has 1 atom stereocenters. The van der Waals surface area contributed by atoms with Crippen molar-refractivity contribution in [1.82, 2.24) is 0 Å². The molecule has 1 unspecified atom stereocenters. The van der Waals surface area contributed by atoms with Crippen molar-refractivity contribution < 1.29 is 14.6 Å². The molecular formula is C15H17NO3S. The molecule has 0 amide bonds. The minimum atomic E-state index is -0.965. The molecule has 0 aromatic heterocycles. The van der Waals surface area contributed by atoms with Gasteiger partial charge in [0.25, 0.3) is 0 Å². The number of rotatable bonds is 7. The van der Waals surface area contributed by atoms with Crippen LogP contribution in [-0.4, -0.2) is 35.2 Å². The van der Waals surface area contributed by atoms with E-state index in [0.717, 1.165) is 11.1 Å². The van der Waals surface area contributed by atoms with Crippen molar-refractivity contribution in [2.45, 2.75) is 6.04 Å². The summed E-state index contributed by atoms with van der Waals surface area (Å²) in [6.45, 7) is 0.537. The van der Waals surface area contributed by atoms with E-state index in [9.17, 15) is 4.79 Å². The molecule has 0 aliphatic heterocycles. The van der Waals surface area contributed by atoms with Crippen molar-refractivity contribution in [2.24, 2.45) is 5.73 Å². The highest BCUT2D eigenvalue weighted by molar-refractivity contribution is 7.99. The van der Waals surface area contributed by atoms with Crippen LogP contribution in [0.1, 0.15) is 0 Å². The van der Waals surface area contributed by atoms with Gasteiger partial charge in [-0.05, 0) is 22.9 Å². The van der Waals surface area contributed by atoms with Crippen LogP contribution in [0.4, 0.5) is 0 Å². The normalized spacial score (nSPS) is 12.2. The lowest BCUT2D eigenvalue weighted by molar-refractivity contribution is -0.137. The number of hydrogen-bond acceptors (Lipinski definition) is 4. The summed E-state index contributed by atoms with van der Waals surface area (Å²) in [6.07, 6.45) is 0. The summed E-state index contributed by atoms with van der Waals surface area (Å²) >= 11 is 1.48. The van der Waals surface area contributed by atoms with E-state index in [4.69, 9.17) is 15.6 Å². The van der Waals surface area contributed by atoms with Crippen molar-refractivity contribution in [3.63, 3.8) is 0 Å². The van der Waals surface area contributed by atoms with Crippen LogP contribution in [0.2, 0.25) is 0 Å². The molecule has 5 heteroatoms. The number of carbonyl (C=O) groups is 1. The van der Waals surface area contributed by atoms with Crippen LogP contribution in [0.3, 0.4) is 0 Å². The number of nitrogens with two attached hydrogens (primary N) is 1. The lowest BCUT2D eigenvalue weighted by Gasteiger charge is -2.08. The molecule has 0 radical (unpaired) electrons. The molecule has 0 saturated heterocycles. The third kappa shape index (κ3) is 4.15. The van der Waals surface area contributed by atoms with Crippen molar-refractivity contribution >= 4 is 28.5 Å². The third-order valence-corrected chi connectivity index (χ3v) is 3.88. The molecule has 2 rings (SSSR count). The molecule has 2 aromatic carbocycles. The predicted octanol–water partition coefficient (Wildman–Crippen LogP) is 2.36. The highest BCUT2D eigenvalue weighted by Gasteiger charge is 2.10. The van der Waals surface area contributed by atoms with Crippen LogP contribution in [-0.2, 0) is 4.79 Å². The lowest BCUT2D eigenvalue weighted by atomic mass is 10.1. The van der Waals surface area contributed by atoms with E-state index >= 15 is 0 Å². The Morgan fingerprint density at radius 2 is 2.00 bits per heavy atom. The van der Waals surface area contributed by atoms with Gasteiger partial charge in [0, 0.05) is 11.5 Å². The van der Waals surface area contributed by atoms with Crippen molar-refractivity contribution in [2.75, 3.05) is 18.1 Å². The minimum Gasteiger partial charge on any atom is -0.493 e. The number of benzene rings is 2. The highest BCUT2D eigenvalue weighted by atomic mass is 32.2. The van der Waals surface area contributed by atoms with Crippen LogP contribution in [0.25, 0.3) is 10.8 Å². The molecule has 0 fully saturated rings. The molecule has 0 aliphatic carbocycles. The lowest BCUT2D eigenvalue weighted by Crippen LogP contribution is -2.32. The summed E-state index contributed by atoms with van der Waals surface area (Å²) < 4.78 is 5.65. The van der Waals surface area contributed by atoms with Gasteiger partial charge in [0.2, 0.25) is 0 Å². The average molecular weight is 291 g/mol. The third-order valence-electron chi connectivity index (χ3n) is 2.83. The number of carboxylic acid groups (broad SMARTS) is 1. The Hall–Kier alpha value is -1.72. The summed E-state index contributed by atoms with van der Waals surface area (Å²) in [7, 11) is 0. The van der Waals surface area contributed by atoms with Gasteiger partial charge in [-0.2, -0.15) is 11.8 Å². The largest absolute Gasteiger partial charge is 0.493 e. The molecule has 20 heavy (non-hydrogen) atoms. The maximum absolute atomic E-state index is 10.5. The number of aliphatic carboxylic acids is 1. The fourth-order valence-corrected chi connectivity index (χ4v) is 2.52. The van der Waals surface area contributed by atoms with Gasteiger partial charge in [-0.15, -0.1) is 0 Å². The summed E-state index contributed by atoms with van der Waals surface area (Å²) in [6, 6.07) is 13.3. The van der Waals surface area contributed by atoms with Crippen LogP contribution < -0.4 is 10.5 Å². The first-order valence-electron chi connectivity index (χ1n) is 6.34. The van der Waals surface area contributed by atoms with E-state index in [0.29, 0.717) is 18.1 Å². The average Bonchev–Trinajstić information content (AvgIpc) is 2.46. The maximum Gasteiger partial charge on any atom is 0.321 e. The fraction of sp³-hybridized carbons (Fsp3) is 0.267. The molecule has 2 aromatic rings. The summed E-state index contributed by atoms with van der Waals surface area (Å²) in [5, 5.41) is 11.0. The highest BCUT2D eigenvalue weighted by Crippen LogP contribution is 2.20. The smallest absolute Gasteiger partial charge is 0.321 e. The molecular weight excluding hydrogens is 274 g/mol. The van der Waals surface area contributed by atoms with E-state index in [1.165, 1.54) is 17.1 Å². The summed E-state index contributed by atoms with van der Waals surface area (Å²) in [4.78, 5) is 10.5. The van der Waals surface area contributed by atoms with Crippen LogP contribution in [0.15, 0.2) is 42.5 Å². The topological polar surface area (TPSA) is 72.5 Å². The Morgan fingerprint density at radius 3 is 2.75 bits per heavy atom. The van der Waals surface area contributed by atoms with Gasteiger partial charge < -0.3 is 15.6 Å². The van der Waals surface area contributed by atoms with Gasteiger partial charge in [0.1, 0.15) is 11.8 Å². The first-order valence-corrected chi connectivity index (χ1v) is 7.50. The second-order valence-electron chi connectivity index (χ2n) is 4.38. The second-order valence-corrected chi connectivity index (χ2v) is 5.53. The number of carboxylic acids is 1. The van der Waals surface area contributed by atoms with Gasteiger partial charge >= 0.3 is 5.97 Å². The van der Waals surface area contributed by atoms with Gasteiger partial charge in [0.15, 0.2) is 0 Å². The number of hydrogen-bond donors (Lipinski definition) is 2. The van der Waals surface area contributed by atoms with Crippen molar-refractivity contribution in [3.05, 3.63) is 42.5 Å². The minimum absolute atomic E-state index is 0.399. The molecule has 0 heterocycles. The first kappa shape index (κ1) is 14.7. The number of thioether (sulfide) groups is 1. The molecule has 0 aliphatic rings. The molecule has 0 spiro atoms. The van der Waals surface area contributed by atoms with Crippen LogP contribution in [0.5, 0.6) is 5.75 Å². The molecule has 0 saturated carbocycles. The molecule has 106 valence electrons. The number of ether oxygens (including phenoxy) is 1. The Labute approximate surface area is 121 Å².